The van der Waals surface area contributed by atoms with Crippen molar-refractivity contribution in [3.8, 4) is 5.75 Å². The maximum atomic E-state index is 5.32. The first-order valence-corrected chi connectivity index (χ1v) is 8.06. The number of nitrogens with one attached hydrogen (secondary N) is 1. The van der Waals surface area contributed by atoms with E-state index in [0.29, 0.717) is 0 Å². The summed E-state index contributed by atoms with van der Waals surface area (Å²) in [6.07, 6.45) is 6.90. The molecule has 0 amide bonds. The number of benzene rings is 1. The molecule has 1 aromatic carbocycles. The minimum absolute atomic E-state index is 0.820. The third-order valence-corrected chi connectivity index (χ3v) is 4.82. The van der Waals surface area contributed by atoms with Crippen LogP contribution < -0.4 is 10.1 Å². The summed E-state index contributed by atoms with van der Waals surface area (Å²) in [5.41, 5.74) is 1.11. The van der Waals surface area contributed by atoms with Crippen LogP contribution in [-0.2, 0) is 0 Å². The Labute approximate surface area is 126 Å². The van der Waals surface area contributed by atoms with E-state index in [-0.39, 0.29) is 0 Å². The summed E-state index contributed by atoms with van der Waals surface area (Å²) in [6, 6.07) is 4.07. The zero-order valence-corrected chi connectivity index (χ0v) is 13.8. The summed E-state index contributed by atoms with van der Waals surface area (Å²) < 4.78 is 7.37. The first-order valence-electron chi connectivity index (χ1n) is 6.47. The van der Waals surface area contributed by atoms with Crippen molar-refractivity contribution < 1.29 is 4.74 Å². The van der Waals surface area contributed by atoms with E-state index in [1.54, 1.807) is 7.11 Å². The highest BCUT2D eigenvalue weighted by Gasteiger charge is 2.14. The topological polar surface area (TPSA) is 21.3 Å². The fraction of sp³-hybridized carbons (Fsp3) is 0.571. The van der Waals surface area contributed by atoms with Gasteiger partial charge in [-0.15, -0.1) is 0 Å². The van der Waals surface area contributed by atoms with Crippen molar-refractivity contribution in [1.82, 2.24) is 0 Å². The van der Waals surface area contributed by atoms with Crippen LogP contribution in [0.25, 0.3) is 0 Å². The van der Waals surface area contributed by atoms with Gasteiger partial charge in [0.1, 0.15) is 5.75 Å². The van der Waals surface area contributed by atoms with Gasteiger partial charge in [0.2, 0.25) is 0 Å². The summed E-state index contributed by atoms with van der Waals surface area (Å²) in [4.78, 5) is 0. The molecule has 0 radical (unpaired) electrons. The standard InChI is InChI=1S/C14H19Br2NO/c1-18-14-8-13(11(15)7-12(14)16)17-9-10-5-3-2-4-6-10/h7-8,10,17H,2-6,9H2,1H3. The lowest BCUT2D eigenvalue weighted by Gasteiger charge is -2.22. The number of hydrogen-bond donors (Lipinski definition) is 1. The van der Waals surface area contributed by atoms with E-state index in [1.807, 2.05) is 12.1 Å². The lowest BCUT2D eigenvalue weighted by Crippen LogP contribution is -2.17. The van der Waals surface area contributed by atoms with Gasteiger partial charge in [-0.05, 0) is 56.7 Å². The Morgan fingerprint density at radius 1 is 1.17 bits per heavy atom. The Morgan fingerprint density at radius 3 is 2.56 bits per heavy atom. The molecule has 4 heteroatoms. The van der Waals surface area contributed by atoms with Crippen molar-refractivity contribution in [2.45, 2.75) is 32.1 Å². The van der Waals surface area contributed by atoms with Crippen LogP contribution in [0.3, 0.4) is 0 Å². The van der Waals surface area contributed by atoms with Crippen LogP contribution in [0, 0.1) is 5.92 Å². The minimum Gasteiger partial charge on any atom is -0.495 e. The van der Waals surface area contributed by atoms with Crippen LogP contribution in [-0.4, -0.2) is 13.7 Å². The van der Waals surface area contributed by atoms with Crippen LogP contribution in [0.4, 0.5) is 5.69 Å². The Balaban J connectivity index is 1.99. The Bertz CT molecular complexity index is 403. The highest BCUT2D eigenvalue weighted by Crippen LogP contribution is 2.35. The lowest BCUT2D eigenvalue weighted by atomic mass is 9.89. The van der Waals surface area contributed by atoms with Gasteiger partial charge >= 0.3 is 0 Å². The maximum absolute atomic E-state index is 5.32. The van der Waals surface area contributed by atoms with Crippen LogP contribution >= 0.6 is 31.9 Å². The molecule has 0 atom stereocenters. The summed E-state index contributed by atoms with van der Waals surface area (Å²) in [5.74, 6) is 1.68. The highest BCUT2D eigenvalue weighted by molar-refractivity contribution is 9.11. The molecule has 1 fully saturated rings. The second-order valence-corrected chi connectivity index (χ2v) is 6.56. The lowest BCUT2D eigenvalue weighted by molar-refractivity contribution is 0.373. The second-order valence-electron chi connectivity index (χ2n) is 4.85. The van der Waals surface area contributed by atoms with Gasteiger partial charge < -0.3 is 10.1 Å². The highest BCUT2D eigenvalue weighted by atomic mass is 79.9. The molecule has 0 spiro atoms. The van der Waals surface area contributed by atoms with Crippen molar-refractivity contribution in [1.29, 1.82) is 0 Å². The molecular weight excluding hydrogens is 358 g/mol. The third kappa shape index (κ3) is 3.64. The number of hydrogen-bond acceptors (Lipinski definition) is 2. The number of anilines is 1. The molecule has 2 nitrogen and oxygen atoms in total. The molecule has 1 saturated carbocycles. The Kier molecular flexibility index (Phi) is 5.37. The van der Waals surface area contributed by atoms with E-state index in [9.17, 15) is 0 Å². The third-order valence-electron chi connectivity index (χ3n) is 3.55. The Hall–Kier alpha value is -0.220. The van der Waals surface area contributed by atoms with E-state index in [4.69, 9.17) is 4.74 Å². The van der Waals surface area contributed by atoms with Gasteiger partial charge in [0, 0.05) is 17.1 Å². The van der Waals surface area contributed by atoms with Gasteiger partial charge in [-0.3, -0.25) is 0 Å². The second kappa shape index (κ2) is 6.80. The number of rotatable bonds is 4. The van der Waals surface area contributed by atoms with E-state index in [2.05, 4.69) is 37.2 Å². The molecule has 1 aliphatic rings. The van der Waals surface area contributed by atoms with E-state index in [0.717, 1.165) is 32.8 Å². The van der Waals surface area contributed by atoms with Gasteiger partial charge in [-0.1, -0.05) is 19.3 Å². The summed E-state index contributed by atoms with van der Waals surface area (Å²) in [5, 5.41) is 3.54. The van der Waals surface area contributed by atoms with Crippen molar-refractivity contribution in [3.05, 3.63) is 21.1 Å². The molecule has 100 valence electrons. The molecule has 0 unspecified atom stereocenters. The van der Waals surface area contributed by atoms with Gasteiger partial charge in [0.15, 0.2) is 0 Å². The van der Waals surface area contributed by atoms with Gasteiger partial charge in [-0.25, -0.2) is 0 Å². The predicted molar refractivity (Wildman–Crippen MR) is 83.5 cm³/mol. The molecule has 1 aliphatic carbocycles. The van der Waals surface area contributed by atoms with Crippen molar-refractivity contribution in [2.24, 2.45) is 5.92 Å². The SMILES string of the molecule is COc1cc(NCC2CCCCC2)c(Br)cc1Br. The first-order chi connectivity index (χ1) is 8.70. The molecule has 0 saturated heterocycles. The fourth-order valence-electron chi connectivity index (χ4n) is 2.47. The largest absolute Gasteiger partial charge is 0.495 e. The fourth-order valence-corrected chi connectivity index (χ4v) is 3.76. The van der Waals surface area contributed by atoms with E-state index in [1.165, 1.54) is 32.1 Å². The average molecular weight is 377 g/mol. The van der Waals surface area contributed by atoms with Gasteiger partial charge in [0.25, 0.3) is 0 Å². The molecule has 1 aromatic rings. The van der Waals surface area contributed by atoms with Gasteiger partial charge in [0.05, 0.1) is 17.3 Å². The van der Waals surface area contributed by atoms with Crippen molar-refractivity contribution in [3.63, 3.8) is 0 Å². The zero-order chi connectivity index (χ0) is 13.0. The average Bonchev–Trinajstić information content (AvgIpc) is 2.39. The molecule has 2 rings (SSSR count). The molecule has 18 heavy (non-hydrogen) atoms. The van der Waals surface area contributed by atoms with Crippen LogP contribution in [0.1, 0.15) is 32.1 Å². The molecular formula is C14H19Br2NO. The normalized spacial score (nSPS) is 16.6. The predicted octanol–water partition coefficient (Wildman–Crippen LogP) is 5.21. The van der Waals surface area contributed by atoms with Crippen LogP contribution in [0.5, 0.6) is 5.75 Å². The van der Waals surface area contributed by atoms with Crippen LogP contribution in [0.2, 0.25) is 0 Å². The summed E-state index contributed by atoms with van der Waals surface area (Å²) in [6.45, 7) is 1.06. The molecule has 0 aliphatic heterocycles. The molecule has 0 bridgehead atoms. The number of halogens is 2. The zero-order valence-electron chi connectivity index (χ0n) is 10.6. The van der Waals surface area contributed by atoms with E-state index >= 15 is 0 Å². The number of methoxy groups -OCH3 is 1. The molecule has 0 aromatic heterocycles. The van der Waals surface area contributed by atoms with E-state index < -0.39 is 0 Å². The smallest absolute Gasteiger partial charge is 0.135 e. The molecule has 1 N–H and O–H groups in total. The van der Waals surface area contributed by atoms with Gasteiger partial charge in [-0.2, -0.15) is 0 Å². The first kappa shape index (κ1) is 14.2. The van der Waals surface area contributed by atoms with Crippen molar-refractivity contribution in [2.75, 3.05) is 19.0 Å². The summed E-state index contributed by atoms with van der Waals surface area (Å²) >= 11 is 7.07. The minimum atomic E-state index is 0.820. The molecule has 0 heterocycles. The maximum Gasteiger partial charge on any atom is 0.135 e. The summed E-state index contributed by atoms with van der Waals surface area (Å²) in [7, 11) is 1.69. The number of ether oxygens (including phenoxy) is 1. The quantitative estimate of drug-likeness (QED) is 0.778. The van der Waals surface area contributed by atoms with Crippen LogP contribution in [0.15, 0.2) is 21.1 Å². The van der Waals surface area contributed by atoms with Crippen molar-refractivity contribution >= 4 is 37.5 Å². The monoisotopic (exact) mass is 375 g/mol. The Morgan fingerprint density at radius 2 is 1.89 bits per heavy atom.